The summed E-state index contributed by atoms with van der Waals surface area (Å²) in [5.41, 5.74) is 6.17. The summed E-state index contributed by atoms with van der Waals surface area (Å²) in [7, 11) is 0. The number of hydrogen-bond acceptors (Lipinski definition) is 5. The van der Waals surface area contributed by atoms with Crippen molar-refractivity contribution in [3.63, 3.8) is 0 Å². The highest BCUT2D eigenvalue weighted by atomic mass is 19.4. The molecule has 1 unspecified atom stereocenters. The summed E-state index contributed by atoms with van der Waals surface area (Å²) < 4.78 is 68.0. The van der Waals surface area contributed by atoms with E-state index in [1.54, 1.807) is 13.8 Å². The fourth-order valence-electron chi connectivity index (χ4n) is 3.20. The van der Waals surface area contributed by atoms with Gasteiger partial charge >= 0.3 is 12.3 Å². The molecular formula is C20H21F5N4O3. The van der Waals surface area contributed by atoms with Gasteiger partial charge < -0.3 is 15.4 Å². The number of nitrogens with two attached hydrogens (primary N) is 1. The molecular weight excluding hydrogens is 439 g/mol. The van der Waals surface area contributed by atoms with Crippen LogP contribution in [0.1, 0.15) is 38.3 Å². The highest BCUT2D eigenvalue weighted by Crippen LogP contribution is 2.38. The number of ether oxygens (including phenoxy) is 1. The number of nitrogens with one attached hydrogen (secondary N) is 1. The van der Waals surface area contributed by atoms with E-state index >= 15 is 0 Å². The number of aliphatic imine (C=N–C) groups is 1. The van der Waals surface area contributed by atoms with Gasteiger partial charge in [0.1, 0.15) is 11.8 Å². The lowest BCUT2D eigenvalue weighted by atomic mass is 10.0. The molecule has 0 spiro atoms. The minimum atomic E-state index is -5.90. The van der Waals surface area contributed by atoms with Gasteiger partial charge in [0.15, 0.2) is 0 Å². The maximum atomic E-state index is 13.3. The first-order valence-electron chi connectivity index (χ1n) is 9.69. The first-order valence-corrected chi connectivity index (χ1v) is 9.69. The van der Waals surface area contributed by atoms with Crippen LogP contribution in [-0.2, 0) is 9.59 Å². The van der Waals surface area contributed by atoms with E-state index in [9.17, 15) is 31.5 Å². The van der Waals surface area contributed by atoms with Gasteiger partial charge in [-0.05, 0) is 50.5 Å². The van der Waals surface area contributed by atoms with Gasteiger partial charge in [0.25, 0.3) is 0 Å². The van der Waals surface area contributed by atoms with Crippen LogP contribution >= 0.6 is 0 Å². The zero-order valence-electron chi connectivity index (χ0n) is 17.1. The molecule has 0 radical (unpaired) electrons. The van der Waals surface area contributed by atoms with Crippen molar-refractivity contribution in [2.45, 2.75) is 51.1 Å². The first kappa shape index (κ1) is 23.5. The topological polar surface area (TPSA) is 97.0 Å². The van der Waals surface area contributed by atoms with Crippen LogP contribution in [0.15, 0.2) is 41.0 Å². The third-order valence-corrected chi connectivity index (χ3v) is 5.03. The smallest absolute Gasteiger partial charge is 0.426 e. The molecule has 3 N–H and O–H groups in total. The number of amides is 2. The molecule has 0 bridgehead atoms. The van der Waals surface area contributed by atoms with E-state index in [4.69, 9.17) is 5.73 Å². The number of halogens is 5. The lowest BCUT2D eigenvalue weighted by Crippen LogP contribution is -2.55. The van der Waals surface area contributed by atoms with Crippen molar-refractivity contribution in [1.82, 2.24) is 10.2 Å². The maximum Gasteiger partial charge on any atom is 0.499 e. The predicted molar refractivity (Wildman–Crippen MR) is 103 cm³/mol. The zero-order valence-corrected chi connectivity index (χ0v) is 17.1. The molecule has 2 aliphatic rings. The Kier molecular flexibility index (Phi) is 6.16. The molecule has 1 aliphatic heterocycles. The van der Waals surface area contributed by atoms with Crippen molar-refractivity contribution in [3.05, 3.63) is 41.6 Å². The van der Waals surface area contributed by atoms with Crippen molar-refractivity contribution >= 4 is 17.8 Å². The maximum absolute atomic E-state index is 13.3. The van der Waals surface area contributed by atoms with Crippen molar-refractivity contribution in [2.75, 3.05) is 0 Å². The molecule has 2 amide bonds. The normalized spacial score (nSPS) is 20.2. The van der Waals surface area contributed by atoms with Crippen LogP contribution in [-0.4, -0.2) is 41.0 Å². The Morgan fingerprint density at radius 3 is 2.47 bits per heavy atom. The number of carbonyl (C=O) groups is 2. The Morgan fingerprint density at radius 2 is 1.91 bits per heavy atom. The zero-order chi connectivity index (χ0) is 23.8. The third-order valence-electron chi connectivity index (χ3n) is 5.03. The van der Waals surface area contributed by atoms with E-state index in [-0.39, 0.29) is 23.3 Å². The van der Waals surface area contributed by atoms with Gasteiger partial charge in [0.05, 0.1) is 6.04 Å². The number of guanidine groups is 1. The van der Waals surface area contributed by atoms with E-state index in [1.165, 1.54) is 23.1 Å². The monoisotopic (exact) mass is 460 g/mol. The van der Waals surface area contributed by atoms with Crippen LogP contribution in [0.5, 0.6) is 5.75 Å². The molecule has 1 aromatic carbocycles. The number of benzene rings is 1. The number of alkyl halides is 5. The van der Waals surface area contributed by atoms with Crippen LogP contribution in [0.4, 0.5) is 22.0 Å². The van der Waals surface area contributed by atoms with Gasteiger partial charge in [-0.1, -0.05) is 12.1 Å². The highest BCUT2D eigenvalue weighted by molar-refractivity contribution is 6.02. The van der Waals surface area contributed by atoms with Gasteiger partial charge in [0, 0.05) is 11.6 Å². The van der Waals surface area contributed by atoms with Crippen LogP contribution in [0, 0.1) is 5.92 Å². The van der Waals surface area contributed by atoms with Crippen molar-refractivity contribution < 1.29 is 36.3 Å². The number of hydrogen-bond donors (Lipinski definition) is 2. The molecule has 12 heteroatoms. The SMILES string of the molecule is CC1=C[C@H](C(N)=O)N(C(C)c2cccc(OC(F)(F)C(F)(F)F)c2)C(NC(=O)C2CC2)=N1. The van der Waals surface area contributed by atoms with Crippen molar-refractivity contribution in [2.24, 2.45) is 16.6 Å². The Balaban J connectivity index is 1.92. The second-order valence-electron chi connectivity index (χ2n) is 7.63. The summed E-state index contributed by atoms with van der Waals surface area (Å²) in [6.07, 6.45) is -8.39. The van der Waals surface area contributed by atoms with Gasteiger partial charge in [-0.2, -0.15) is 22.0 Å². The predicted octanol–water partition coefficient (Wildman–Crippen LogP) is 3.24. The van der Waals surface area contributed by atoms with E-state index in [2.05, 4.69) is 15.0 Å². The van der Waals surface area contributed by atoms with Crippen LogP contribution in [0.3, 0.4) is 0 Å². The number of rotatable bonds is 6. The average Bonchev–Trinajstić information content (AvgIpc) is 3.51. The molecule has 1 aromatic rings. The molecule has 0 saturated heterocycles. The average molecular weight is 460 g/mol. The quantitative estimate of drug-likeness (QED) is 0.637. The van der Waals surface area contributed by atoms with Crippen molar-refractivity contribution in [1.29, 1.82) is 0 Å². The number of carbonyl (C=O) groups excluding carboxylic acids is 2. The molecule has 1 heterocycles. The number of allylic oxidation sites excluding steroid dienone is 1. The molecule has 1 aliphatic carbocycles. The third kappa shape index (κ3) is 5.00. The van der Waals surface area contributed by atoms with Crippen LogP contribution in [0.25, 0.3) is 0 Å². The lowest BCUT2D eigenvalue weighted by Gasteiger charge is -2.38. The summed E-state index contributed by atoms with van der Waals surface area (Å²) in [6, 6.07) is 2.78. The van der Waals surface area contributed by atoms with Crippen LogP contribution in [0.2, 0.25) is 0 Å². The van der Waals surface area contributed by atoms with Gasteiger partial charge in [-0.15, -0.1) is 0 Å². The van der Waals surface area contributed by atoms with E-state index < -0.39 is 36.0 Å². The molecule has 0 aromatic heterocycles. The summed E-state index contributed by atoms with van der Waals surface area (Å²) in [6.45, 7) is 3.17. The van der Waals surface area contributed by atoms with E-state index in [0.717, 1.165) is 25.0 Å². The largest absolute Gasteiger partial charge is 0.499 e. The molecule has 2 atom stereocenters. The molecule has 3 rings (SSSR count). The minimum absolute atomic E-state index is 0.0325. The van der Waals surface area contributed by atoms with Gasteiger partial charge in [-0.3, -0.25) is 14.9 Å². The summed E-state index contributed by atoms with van der Waals surface area (Å²) in [5, 5.41) is 2.66. The fourth-order valence-corrected chi connectivity index (χ4v) is 3.20. The Labute approximate surface area is 180 Å². The Morgan fingerprint density at radius 1 is 1.25 bits per heavy atom. The second kappa shape index (κ2) is 8.40. The van der Waals surface area contributed by atoms with E-state index in [1.807, 2.05) is 0 Å². The summed E-state index contributed by atoms with van der Waals surface area (Å²) >= 11 is 0. The summed E-state index contributed by atoms with van der Waals surface area (Å²) in [4.78, 5) is 30.1. The molecule has 7 nitrogen and oxygen atoms in total. The van der Waals surface area contributed by atoms with Crippen LogP contribution < -0.4 is 15.8 Å². The Bertz CT molecular complexity index is 972. The minimum Gasteiger partial charge on any atom is -0.426 e. The molecule has 1 saturated carbocycles. The Hall–Kier alpha value is -3.18. The van der Waals surface area contributed by atoms with Gasteiger partial charge in [-0.25, -0.2) is 4.99 Å². The van der Waals surface area contributed by atoms with Gasteiger partial charge in [0.2, 0.25) is 17.8 Å². The molecule has 174 valence electrons. The lowest BCUT2D eigenvalue weighted by molar-refractivity contribution is -0.360. The second-order valence-corrected chi connectivity index (χ2v) is 7.63. The highest BCUT2D eigenvalue weighted by Gasteiger charge is 2.61. The fraction of sp³-hybridized carbons (Fsp3) is 0.450. The number of nitrogens with zero attached hydrogens (tertiary/aromatic N) is 2. The van der Waals surface area contributed by atoms with E-state index in [0.29, 0.717) is 5.70 Å². The number of primary amides is 1. The first-order chi connectivity index (χ1) is 14.8. The molecule has 1 fully saturated rings. The standard InChI is InChI=1S/C20H21F5N4O3/c1-10-8-15(16(26)30)29(18(27-10)28-17(31)12-6-7-12)11(2)13-4-3-5-14(9-13)32-20(24,25)19(21,22)23/h3-5,8-9,11-12,15H,6-7H2,1-2H3,(H2,26,30)(H,27,28,31)/t11?,15-/m1/s1. The van der Waals surface area contributed by atoms with Crippen molar-refractivity contribution in [3.8, 4) is 5.75 Å². The molecule has 32 heavy (non-hydrogen) atoms. The summed E-state index contributed by atoms with van der Waals surface area (Å²) in [5.74, 6) is -1.92.